The van der Waals surface area contributed by atoms with E-state index in [4.69, 9.17) is 17.0 Å². The van der Waals surface area contributed by atoms with Crippen LogP contribution >= 0.6 is 24.0 Å². The quantitative estimate of drug-likeness (QED) is 0.554. The predicted molar refractivity (Wildman–Crippen MR) is 99.2 cm³/mol. The lowest BCUT2D eigenvalue weighted by atomic mass is 10.1. The molecule has 0 fully saturated rings. The lowest BCUT2D eigenvalue weighted by Crippen LogP contribution is -2.30. The fraction of sp³-hybridized carbons (Fsp3) is 0.235. The minimum absolute atomic E-state index is 0.485. The molecule has 128 valence electrons. The highest BCUT2D eigenvalue weighted by Gasteiger charge is 2.05. The van der Waals surface area contributed by atoms with Gasteiger partial charge in [-0.1, -0.05) is 30.0 Å². The van der Waals surface area contributed by atoms with Gasteiger partial charge in [0.15, 0.2) is 5.11 Å². The van der Waals surface area contributed by atoms with Gasteiger partial charge >= 0.3 is 0 Å². The van der Waals surface area contributed by atoms with Gasteiger partial charge in [-0.25, -0.2) is 0 Å². The van der Waals surface area contributed by atoms with Gasteiger partial charge in [0, 0.05) is 17.1 Å². The van der Waals surface area contributed by atoms with Crippen molar-refractivity contribution < 1.29 is 13.5 Å². The number of halogens is 2. The second kappa shape index (κ2) is 9.44. The topological polar surface area (TPSA) is 33.3 Å². The SMILES string of the molecule is COc1ccccc1CCNC(=S)Nc1ccc(SC(F)F)cc1. The number of rotatable bonds is 7. The van der Waals surface area contributed by atoms with Crippen molar-refractivity contribution in [2.24, 2.45) is 0 Å². The highest BCUT2D eigenvalue weighted by atomic mass is 32.2. The van der Waals surface area contributed by atoms with Crippen LogP contribution < -0.4 is 15.4 Å². The van der Waals surface area contributed by atoms with E-state index in [1.807, 2.05) is 24.3 Å². The molecule has 0 aliphatic heterocycles. The first-order chi connectivity index (χ1) is 11.6. The average molecular weight is 368 g/mol. The molecule has 2 rings (SSSR count). The Hall–Kier alpha value is -1.86. The maximum absolute atomic E-state index is 12.3. The van der Waals surface area contributed by atoms with Crippen LogP contribution in [0, 0.1) is 0 Å². The number of thioether (sulfide) groups is 1. The number of anilines is 1. The second-order valence-corrected chi connectivity index (χ2v) is 6.32. The molecule has 7 heteroatoms. The summed E-state index contributed by atoms with van der Waals surface area (Å²) in [4.78, 5) is 0.519. The molecule has 0 atom stereocenters. The van der Waals surface area contributed by atoms with Gasteiger partial charge in [0.25, 0.3) is 5.76 Å². The van der Waals surface area contributed by atoms with Crippen LogP contribution in [0.25, 0.3) is 0 Å². The Morgan fingerprint density at radius 2 is 1.88 bits per heavy atom. The van der Waals surface area contributed by atoms with Gasteiger partial charge < -0.3 is 15.4 Å². The first-order valence-electron chi connectivity index (χ1n) is 7.30. The fourth-order valence-corrected chi connectivity index (χ4v) is 2.83. The zero-order valence-electron chi connectivity index (χ0n) is 13.1. The summed E-state index contributed by atoms with van der Waals surface area (Å²) in [5, 5.41) is 6.63. The fourth-order valence-electron chi connectivity index (χ4n) is 2.12. The number of benzene rings is 2. The standard InChI is InChI=1S/C17H18F2N2OS2/c1-22-15-5-3-2-4-12(15)10-11-20-17(23)21-13-6-8-14(9-7-13)24-16(18)19/h2-9,16H,10-11H2,1H3,(H2,20,21,23). The van der Waals surface area contributed by atoms with Crippen LogP contribution in [-0.2, 0) is 6.42 Å². The molecule has 0 amide bonds. The van der Waals surface area contributed by atoms with Crippen molar-refractivity contribution in [3.63, 3.8) is 0 Å². The number of thiocarbonyl (C=S) groups is 1. The summed E-state index contributed by atoms with van der Waals surface area (Å²) < 4.78 is 29.8. The minimum atomic E-state index is -2.42. The number of alkyl halides is 2. The number of ether oxygens (including phenoxy) is 1. The van der Waals surface area contributed by atoms with Crippen molar-refractivity contribution >= 4 is 34.8 Å². The molecular weight excluding hydrogens is 350 g/mol. The summed E-state index contributed by atoms with van der Waals surface area (Å²) >= 11 is 5.76. The average Bonchev–Trinajstić information content (AvgIpc) is 2.56. The molecule has 2 N–H and O–H groups in total. The van der Waals surface area contributed by atoms with Crippen molar-refractivity contribution in [1.29, 1.82) is 0 Å². The van der Waals surface area contributed by atoms with Gasteiger partial charge in [-0.05, 0) is 54.5 Å². The molecule has 0 spiro atoms. The largest absolute Gasteiger partial charge is 0.496 e. The summed E-state index contributed by atoms with van der Waals surface area (Å²) in [7, 11) is 1.65. The van der Waals surface area contributed by atoms with E-state index in [0.717, 1.165) is 23.4 Å². The van der Waals surface area contributed by atoms with Gasteiger partial charge in [-0.2, -0.15) is 8.78 Å². The van der Waals surface area contributed by atoms with Crippen molar-refractivity contribution in [2.75, 3.05) is 19.0 Å². The van der Waals surface area contributed by atoms with E-state index in [1.54, 1.807) is 31.4 Å². The van der Waals surface area contributed by atoms with Gasteiger partial charge in [-0.15, -0.1) is 0 Å². The molecule has 0 radical (unpaired) electrons. The Morgan fingerprint density at radius 3 is 2.54 bits per heavy atom. The van der Waals surface area contributed by atoms with Crippen molar-refractivity contribution in [3.8, 4) is 5.75 Å². The van der Waals surface area contributed by atoms with Crippen LogP contribution in [0.15, 0.2) is 53.4 Å². The van der Waals surface area contributed by atoms with E-state index in [1.165, 1.54) is 0 Å². The number of nitrogens with one attached hydrogen (secondary N) is 2. The molecule has 2 aromatic carbocycles. The lowest BCUT2D eigenvalue weighted by molar-refractivity contribution is 0.252. The molecule has 0 bridgehead atoms. The Kier molecular flexibility index (Phi) is 7.27. The lowest BCUT2D eigenvalue weighted by Gasteiger charge is -2.12. The molecule has 0 saturated heterocycles. The van der Waals surface area contributed by atoms with Crippen LogP contribution in [0.2, 0.25) is 0 Å². The Balaban J connectivity index is 1.79. The summed E-state index contributed by atoms with van der Waals surface area (Å²) in [5.41, 5.74) is 1.85. The number of hydrogen-bond acceptors (Lipinski definition) is 3. The van der Waals surface area contributed by atoms with E-state index in [-0.39, 0.29) is 0 Å². The van der Waals surface area contributed by atoms with Crippen molar-refractivity contribution in [1.82, 2.24) is 5.32 Å². The number of hydrogen-bond donors (Lipinski definition) is 2. The van der Waals surface area contributed by atoms with Crippen LogP contribution in [0.3, 0.4) is 0 Å². The number of methoxy groups -OCH3 is 1. The molecular formula is C17H18F2N2OS2. The summed E-state index contributed by atoms with van der Waals surface area (Å²) in [5.74, 6) is -1.56. The minimum Gasteiger partial charge on any atom is -0.496 e. The molecule has 3 nitrogen and oxygen atoms in total. The normalized spacial score (nSPS) is 10.5. The zero-order valence-corrected chi connectivity index (χ0v) is 14.7. The maximum atomic E-state index is 12.3. The van der Waals surface area contributed by atoms with E-state index >= 15 is 0 Å². The van der Waals surface area contributed by atoms with E-state index in [2.05, 4.69) is 10.6 Å². The molecule has 2 aromatic rings. The van der Waals surface area contributed by atoms with Gasteiger partial charge in [0.05, 0.1) is 7.11 Å². The smallest absolute Gasteiger partial charge is 0.288 e. The molecule has 0 heterocycles. The zero-order chi connectivity index (χ0) is 17.4. The third-order valence-corrected chi connectivity index (χ3v) is 4.18. The Labute approximate surface area is 149 Å². The first-order valence-corrected chi connectivity index (χ1v) is 8.59. The highest BCUT2D eigenvalue weighted by molar-refractivity contribution is 7.99. The van der Waals surface area contributed by atoms with Crippen molar-refractivity contribution in [3.05, 3.63) is 54.1 Å². The molecule has 24 heavy (non-hydrogen) atoms. The Bertz CT molecular complexity index is 666. The second-order valence-electron chi connectivity index (χ2n) is 4.85. The predicted octanol–water partition coefficient (Wildman–Crippen LogP) is 4.54. The summed E-state index contributed by atoms with van der Waals surface area (Å²) in [6.45, 7) is 0.658. The Morgan fingerprint density at radius 1 is 1.17 bits per heavy atom. The van der Waals surface area contributed by atoms with Crippen LogP contribution in [0.1, 0.15) is 5.56 Å². The van der Waals surface area contributed by atoms with E-state index in [9.17, 15) is 8.78 Å². The third kappa shape index (κ3) is 5.98. The number of para-hydroxylation sites is 1. The van der Waals surface area contributed by atoms with Gasteiger partial charge in [0.2, 0.25) is 0 Å². The molecule has 0 saturated carbocycles. The van der Waals surface area contributed by atoms with Gasteiger partial charge in [0.1, 0.15) is 5.75 Å². The van der Waals surface area contributed by atoms with Crippen LogP contribution in [0.4, 0.5) is 14.5 Å². The molecule has 0 unspecified atom stereocenters. The van der Waals surface area contributed by atoms with Crippen LogP contribution in [-0.4, -0.2) is 24.5 Å². The monoisotopic (exact) mass is 368 g/mol. The summed E-state index contributed by atoms with van der Waals surface area (Å²) in [6.07, 6.45) is 0.774. The molecule has 0 aliphatic rings. The maximum Gasteiger partial charge on any atom is 0.288 e. The molecule has 0 aromatic heterocycles. The first kappa shape index (κ1) is 18.5. The van der Waals surface area contributed by atoms with Crippen molar-refractivity contribution in [2.45, 2.75) is 17.1 Å². The highest BCUT2D eigenvalue weighted by Crippen LogP contribution is 2.26. The van der Waals surface area contributed by atoms with E-state index in [0.29, 0.717) is 28.3 Å². The third-order valence-electron chi connectivity index (χ3n) is 3.21. The summed E-state index contributed by atoms with van der Waals surface area (Å²) in [6, 6.07) is 14.5. The van der Waals surface area contributed by atoms with Crippen LogP contribution in [0.5, 0.6) is 5.75 Å². The van der Waals surface area contributed by atoms with Gasteiger partial charge in [-0.3, -0.25) is 0 Å². The molecule has 0 aliphatic carbocycles. The van der Waals surface area contributed by atoms with E-state index < -0.39 is 5.76 Å².